The van der Waals surface area contributed by atoms with Gasteiger partial charge in [0.1, 0.15) is 5.82 Å². The van der Waals surface area contributed by atoms with Gasteiger partial charge in [0.25, 0.3) is 0 Å². The van der Waals surface area contributed by atoms with E-state index in [0.29, 0.717) is 20.7 Å². The van der Waals surface area contributed by atoms with Crippen LogP contribution in [-0.2, 0) is 0 Å². The molecule has 14 heavy (non-hydrogen) atoms. The summed E-state index contributed by atoms with van der Waals surface area (Å²) in [6, 6.07) is 4.38. The maximum atomic E-state index is 13.4. The van der Waals surface area contributed by atoms with Gasteiger partial charge in [-0.25, -0.2) is 4.39 Å². The number of halogens is 2. The minimum atomic E-state index is -0.423. The third kappa shape index (κ3) is 1.69. The molecular formula is C8H5ClFN3S. The number of nitrogens with two attached hydrogens (primary N) is 1. The van der Waals surface area contributed by atoms with Crippen molar-refractivity contribution in [3.8, 4) is 10.6 Å². The van der Waals surface area contributed by atoms with Crippen LogP contribution in [0, 0.1) is 5.82 Å². The summed E-state index contributed by atoms with van der Waals surface area (Å²) >= 11 is 6.75. The lowest BCUT2D eigenvalue weighted by Crippen LogP contribution is -1.83. The summed E-state index contributed by atoms with van der Waals surface area (Å²) in [4.78, 5) is 0. The van der Waals surface area contributed by atoms with Crippen molar-refractivity contribution in [3.63, 3.8) is 0 Å². The van der Waals surface area contributed by atoms with Crippen molar-refractivity contribution in [3.05, 3.63) is 29.0 Å². The van der Waals surface area contributed by atoms with E-state index < -0.39 is 5.82 Å². The van der Waals surface area contributed by atoms with Crippen LogP contribution >= 0.6 is 22.9 Å². The molecule has 0 saturated heterocycles. The molecule has 0 aliphatic carbocycles. The molecule has 6 heteroatoms. The first kappa shape index (κ1) is 9.36. The van der Waals surface area contributed by atoms with Crippen molar-refractivity contribution >= 4 is 28.1 Å². The number of hydrogen-bond donors (Lipinski definition) is 1. The Balaban J connectivity index is 2.52. The lowest BCUT2D eigenvalue weighted by molar-refractivity contribution is 0.631. The van der Waals surface area contributed by atoms with Crippen molar-refractivity contribution in [2.45, 2.75) is 0 Å². The highest BCUT2D eigenvalue weighted by molar-refractivity contribution is 7.18. The molecule has 0 spiro atoms. The van der Waals surface area contributed by atoms with Gasteiger partial charge in [-0.1, -0.05) is 22.9 Å². The van der Waals surface area contributed by atoms with Crippen LogP contribution in [0.2, 0.25) is 5.02 Å². The molecule has 0 aliphatic heterocycles. The average molecular weight is 230 g/mol. The Morgan fingerprint density at radius 3 is 2.71 bits per heavy atom. The number of anilines is 1. The van der Waals surface area contributed by atoms with Crippen LogP contribution in [0.5, 0.6) is 0 Å². The fourth-order valence-corrected chi connectivity index (χ4v) is 1.80. The lowest BCUT2D eigenvalue weighted by Gasteiger charge is -1.97. The minimum absolute atomic E-state index is 0.314. The van der Waals surface area contributed by atoms with Crippen LogP contribution in [0.4, 0.5) is 9.52 Å². The van der Waals surface area contributed by atoms with Gasteiger partial charge in [0.05, 0.1) is 0 Å². The highest BCUT2D eigenvalue weighted by atomic mass is 35.5. The van der Waals surface area contributed by atoms with Gasteiger partial charge >= 0.3 is 0 Å². The molecule has 3 nitrogen and oxygen atoms in total. The lowest BCUT2D eigenvalue weighted by atomic mass is 10.2. The molecule has 1 aromatic heterocycles. The summed E-state index contributed by atoms with van der Waals surface area (Å²) in [6.45, 7) is 0. The Morgan fingerprint density at radius 1 is 1.36 bits per heavy atom. The molecule has 2 aromatic rings. The Labute approximate surface area is 88.3 Å². The predicted octanol–water partition coefficient (Wildman–Crippen LogP) is 2.58. The van der Waals surface area contributed by atoms with Crippen LogP contribution in [-0.4, -0.2) is 10.2 Å². The number of nitrogen functional groups attached to an aromatic ring is 1. The van der Waals surface area contributed by atoms with Gasteiger partial charge < -0.3 is 5.73 Å². The highest BCUT2D eigenvalue weighted by Crippen LogP contribution is 2.28. The average Bonchev–Trinajstić information content (AvgIpc) is 2.51. The first-order valence-electron chi connectivity index (χ1n) is 3.71. The van der Waals surface area contributed by atoms with E-state index in [1.807, 2.05) is 0 Å². The quantitative estimate of drug-likeness (QED) is 0.818. The van der Waals surface area contributed by atoms with E-state index in [1.54, 1.807) is 12.1 Å². The Morgan fingerprint density at radius 2 is 2.14 bits per heavy atom. The fourth-order valence-electron chi connectivity index (χ4n) is 1.01. The summed E-state index contributed by atoms with van der Waals surface area (Å²) in [5.74, 6) is -0.423. The van der Waals surface area contributed by atoms with Gasteiger partial charge in [-0.2, -0.15) is 0 Å². The van der Waals surface area contributed by atoms with Gasteiger partial charge in [0.2, 0.25) is 5.13 Å². The van der Waals surface area contributed by atoms with E-state index in [0.717, 1.165) is 11.3 Å². The Kier molecular flexibility index (Phi) is 2.35. The molecule has 2 rings (SSSR count). The molecule has 72 valence electrons. The predicted molar refractivity (Wildman–Crippen MR) is 54.7 cm³/mol. The molecule has 0 bridgehead atoms. The monoisotopic (exact) mass is 229 g/mol. The smallest absolute Gasteiger partial charge is 0.203 e. The van der Waals surface area contributed by atoms with Crippen molar-refractivity contribution in [1.82, 2.24) is 10.2 Å². The molecule has 0 radical (unpaired) electrons. The second kappa shape index (κ2) is 3.51. The molecule has 0 unspecified atom stereocenters. The number of nitrogens with zero attached hydrogens (tertiary/aromatic N) is 2. The van der Waals surface area contributed by atoms with Gasteiger partial charge in [-0.05, 0) is 18.2 Å². The third-order valence-electron chi connectivity index (χ3n) is 1.60. The molecule has 1 aromatic carbocycles. The zero-order valence-electron chi connectivity index (χ0n) is 6.87. The molecule has 0 saturated carbocycles. The minimum Gasteiger partial charge on any atom is -0.374 e. The largest absolute Gasteiger partial charge is 0.374 e. The molecule has 0 atom stereocenters. The standard InChI is InChI=1S/C8H5ClFN3S/c9-4-1-2-5(6(10)3-4)7-12-13-8(11)14-7/h1-3H,(H2,11,13). The topological polar surface area (TPSA) is 51.8 Å². The maximum absolute atomic E-state index is 13.4. The zero-order valence-corrected chi connectivity index (χ0v) is 8.44. The van der Waals surface area contributed by atoms with E-state index in [9.17, 15) is 4.39 Å². The van der Waals surface area contributed by atoms with Crippen molar-refractivity contribution in [1.29, 1.82) is 0 Å². The number of benzene rings is 1. The van der Waals surface area contributed by atoms with Crippen LogP contribution in [0.3, 0.4) is 0 Å². The second-order valence-corrected chi connectivity index (χ2v) is 4.02. The summed E-state index contributed by atoms with van der Waals surface area (Å²) < 4.78 is 13.4. The molecular weight excluding hydrogens is 225 g/mol. The Bertz CT molecular complexity index is 471. The normalized spacial score (nSPS) is 10.4. The second-order valence-electron chi connectivity index (χ2n) is 2.57. The van der Waals surface area contributed by atoms with Gasteiger partial charge in [-0.15, -0.1) is 10.2 Å². The molecule has 2 N–H and O–H groups in total. The van der Waals surface area contributed by atoms with Gasteiger partial charge in [-0.3, -0.25) is 0 Å². The molecule has 0 fully saturated rings. The summed E-state index contributed by atoms with van der Waals surface area (Å²) in [5, 5.41) is 8.46. The van der Waals surface area contributed by atoms with Crippen LogP contribution in [0.1, 0.15) is 0 Å². The van der Waals surface area contributed by atoms with E-state index in [-0.39, 0.29) is 0 Å². The molecule has 1 heterocycles. The van der Waals surface area contributed by atoms with Crippen molar-refractivity contribution < 1.29 is 4.39 Å². The van der Waals surface area contributed by atoms with E-state index in [1.165, 1.54) is 6.07 Å². The van der Waals surface area contributed by atoms with Gasteiger partial charge in [0.15, 0.2) is 5.01 Å². The maximum Gasteiger partial charge on any atom is 0.203 e. The first-order valence-corrected chi connectivity index (χ1v) is 4.90. The number of hydrogen-bond acceptors (Lipinski definition) is 4. The zero-order chi connectivity index (χ0) is 10.1. The van der Waals surface area contributed by atoms with Crippen LogP contribution in [0.15, 0.2) is 18.2 Å². The summed E-state index contributed by atoms with van der Waals surface area (Å²) in [5.41, 5.74) is 5.76. The summed E-state index contributed by atoms with van der Waals surface area (Å²) in [7, 11) is 0. The third-order valence-corrected chi connectivity index (χ3v) is 2.62. The van der Waals surface area contributed by atoms with E-state index >= 15 is 0 Å². The molecule has 0 aliphatic rings. The van der Waals surface area contributed by atoms with E-state index in [2.05, 4.69) is 10.2 Å². The van der Waals surface area contributed by atoms with Crippen LogP contribution < -0.4 is 5.73 Å². The fraction of sp³-hybridized carbons (Fsp3) is 0. The number of aromatic nitrogens is 2. The van der Waals surface area contributed by atoms with Crippen molar-refractivity contribution in [2.75, 3.05) is 5.73 Å². The van der Waals surface area contributed by atoms with E-state index in [4.69, 9.17) is 17.3 Å². The molecule has 0 amide bonds. The van der Waals surface area contributed by atoms with Crippen LogP contribution in [0.25, 0.3) is 10.6 Å². The first-order chi connectivity index (χ1) is 6.66. The summed E-state index contributed by atoms with van der Waals surface area (Å²) in [6.07, 6.45) is 0. The SMILES string of the molecule is Nc1nnc(-c2ccc(Cl)cc2F)s1. The van der Waals surface area contributed by atoms with Gasteiger partial charge in [0, 0.05) is 10.6 Å². The number of rotatable bonds is 1. The Hall–Kier alpha value is -1.20. The van der Waals surface area contributed by atoms with Crippen molar-refractivity contribution in [2.24, 2.45) is 0 Å². The highest BCUT2D eigenvalue weighted by Gasteiger charge is 2.09.